The number of carbonyl (C=O) groups is 1. The van der Waals surface area contributed by atoms with Crippen molar-refractivity contribution in [3.8, 4) is 6.07 Å². The average molecular weight is 310 g/mol. The van der Waals surface area contributed by atoms with E-state index in [1.807, 2.05) is 19.1 Å². The first-order valence-electron chi connectivity index (χ1n) is 7.32. The molecule has 0 aliphatic heterocycles. The number of nitrogens with zero attached hydrogens (tertiary/aromatic N) is 3. The highest BCUT2D eigenvalue weighted by molar-refractivity contribution is 5.90. The van der Waals surface area contributed by atoms with Crippen molar-refractivity contribution in [1.82, 2.24) is 9.97 Å². The van der Waals surface area contributed by atoms with E-state index >= 15 is 0 Å². The van der Waals surface area contributed by atoms with Gasteiger partial charge in [0, 0.05) is 6.20 Å². The summed E-state index contributed by atoms with van der Waals surface area (Å²) < 4.78 is 4.96. The molecule has 1 aromatic carbocycles. The molecular formula is C17H18N4O2. The summed E-state index contributed by atoms with van der Waals surface area (Å²) in [5, 5.41) is 12.0. The largest absolute Gasteiger partial charge is 0.462 e. The van der Waals surface area contributed by atoms with Crippen LogP contribution in [0.1, 0.15) is 47.1 Å². The molecule has 2 rings (SSSR count). The van der Waals surface area contributed by atoms with Crippen molar-refractivity contribution >= 4 is 11.9 Å². The number of esters is 1. The lowest BCUT2D eigenvalue weighted by Crippen LogP contribution is -2.13. The molecule has 1 unspecified atom stereocenters. The molecule has 1 atom stereocenters. The number of rotatable bonds is 5. The number of hydrogen-bond donors (Lipinski definition) is 1. The Bertz CT molecular complexity index is 735. The van der Waals surface area contributed by atoms with Gasteiger partial charge in [-0.1, -0.05) is 12.1 Å². The normalized spacial score (nSPS) is 11.4. The van der Waals surface area contributed by atoms with Gasteiger partial charge in [0.1, 0.15) is 0 Å². The van der Waals surface area contributed by atoms with E-state index < -0.39 is 5.97 Å². The van der Waals surface area contributed by atoms with Crippen LogP contribution in [-0.2, 0) is 4.74 Å². The number of nitriles is 1. The van der Waals surface area contributed by atoms with Crippen LogP contribution < -0.4 is 5.32 Å². The number of aryl methyl sites for hydroxylation is 1. The van der Waals surface area contributed by atoms with E-state index in [1.54, 1.807) is 26.0 Å². The fraction of sp³-hybridized carbons (Fsp3) is 0.294. The predicted octanol–water partition coefficient (Wildman–Crippen LogP) is 3.01. The summed E-state index contributed by atoms with van der Waals surface area (Å²) in [6.45, 7) is 5.78. The topological polar surface area (TPSA) is 87.9 Å². The molecule has 0 bridgehead atoms. The van der Waals surface area contributed by atoms with Crippen molar-refractivity contribution in [2.75, 3.05) is 11.9 Å². The molecular weight excluding hydrogens is 292 g/mol. The molecule has 0 radical (unpaired) electrons. The Morgan fingerprint density at radius 1 is 1.39 bits per heavy atom. The summed E-state index contributed by atoms with van der Waals surface area (Å²) in [5.74, 6) is 0.0177. The van der Waals surface area contributed by atoms with Gasteiger partial charge in [-0.05, 0) is 38.5 Å². The molecule has 0 aliphatic carbocycles. The van der Waals surface area contributed by atoms with Crippen molar-refractivity contribution in [2.45, 2.75) is 26.8 Å². The first-order chi connectivity index (χ1) is 11.0. The van der Waals surface area contributed by atoms with Gasteiger partial charge in [-0.3, -0.25) is 0 Å². The zero-order chi connectivity index (χ0) is 16.8. The van der Waals surface area contributed by atoms with Gasteiger partial charge in [-0.25, -0.2) is 14.8 Å². The maximum Gasteiger partial charge on any atom is 0.341 e. The summed E-state index contributed by atoms with van der Waals surface area (Å²) in [5.41, 5.74) is 2.56. The second-order valence-electron chi connectivity index (χ2n) is 5.01. The highest BCUT2D eigenvalue weighted by Crippen LogP contribution is 2.18. The highest BCUT2D eigenvalue weighted by Gasteiger charge is 2.14. The molecule has 2 aromatic rings. The molecule has 1 N–H and O–H groups in total. The van der Waals surface area contributed by atoms with Gasteiger partial charge in [0.25, 0.3) is 0 Å². The summed E-state index contributed by atoms with van der Waals surface area (Å²) in [7, 11) is 0. The smallest absolute Gasteiger partial charge is 0.341 e. The quantitative estimate of drug-likeness (QED) is 0.854. The summed E-state index contributed by atoms with van der Waals surface area (Å²) in [4.78, 5) is 20.2. The standard InChI is InChI=1S/C17H18N4O2/c1-4-23-16(22)15-10-19-17(21-12(15)3)20-11(2)14-7-5-13(9-18)6-8-14/h5-8,10-11H,4H2,1-3H3,(H,19,20,21). The third-order valence-corrected chi connectivity index (χ3v) is 3.36. The maximum atomic E-state index is 11.7. The van der Waals surface area contributed by atoms with Crippen LogP contribution in [0.4, 0.5) is 5.95 Å². The Labute approximate surface area is 135 Å². The van der Waals surface area contributed by atoms with Crippen LogP contribution in [0.5, 0.6) is 0 Å². The molecule has 1 aromatic heterocycles. The zero-order valence-corrected chi connectivity index (χ0v) is 13.3. The van der Waals surface area contributed by atoms with Crippen LogP contribution in [0.3, 0.4) is 0 Å². The number of benzene rings is 1. The van der Waals surface area contributed by atoms with Crippen LogP contribution in [0, 0.1) is 18.3 Å². The second kappa shape index (κ2) is 7.36. The van der Waals surface area contributed by atoms with E-state index in [1.165, 1.54) is 6.20 Å². The summed E-state index contributed by atoms with van der Waals surface area (Å²) in [6.07, 6.45) is 1.47. The number of carbonyl (C=O) groups excluding carboxylic acids is 1. The minimum atomic E-state index is -0.420. The number of anilines is 1. The molecule has 0 spiro atoms. The fourth-order valence-electron chi connectivity index (χ4n) is 2.07. The van der Waals surface area contributed by atoms with E-state index in [0.717, 1.165) is 5.56 Å². The van der Waals surface area contributed by atoms with E-state index in [0.29, 0.717) is 29.4 Å². The van der Waals surface area contributed by atoms with Crippen molar-refractivity contribution in [3.05, 3.63) is 52.8 Å². The van der Waals surface area contributed by atoms with Gasteiger partial charge < -0.3 is 10.1 Å². The number of hydrogen-bond acceptors (Lipinski definition) is 6. The molecule has 6 nitrogen and oxygen atoms in total. The van der Waals surface area contributed by atoms with Gasteiger partial charge in [0.15, 0.2) is 0 Å². The van der Waals surface area contributed by atoms with Crippen LogP contribution in [0.25, 0.3) is 0 Å². The van der Waals surface area contributed by atoms with Gasteiger partial charge in [0.2, 0.25) is 5.95 Å². The van der Waals surface area contributed by atoms with Gasteiger partial charge in [0.05, 0.1) is 35.5 Å². The molecule has 0 fully saturated rings. The molecule has 23 heavy (non-hydrogen) atoms. The molecule has 118 valence electrons. The lowest BCUT2D eigenvalue weighted by molar-refractivity contribution is 0.0524. The van der Waals surface area contributed by atoms with Crippen LogP contribution in [0.15, 0.2) is 30.5 Å². The Hall–Kier alpha value is -2.94. The Kier molecular flexibility index (Phi) is 5.26. The molecule has 0 saturated carbocycles. The average Bonchev–Trinajstić information content (AvgIpc) is 2.55. The molecule has 0 saturated heterocycles. The minimum absolute atomic E-state index is 0.0319. The third kappa shape index (κ3) is 4.04. The van der Waals surface area contributed by atoms with Crippen LogP contribution >= 0.6 is 0 Å². The number of nitrogens with one attached hydrogen (secondary N) is 1. The number of ether oxygens (including phenoxy) is 1. The van der Waals surface area contributed by atoms with Gasteiger partial charge in [-0.2, -0.15) is 5.26 Å². The lowest BCUT2D eigenvalue weighted by Gasteiger charge is -2.15. The van der Waals surface area contributed by atoms with Gasteiger partial charge >= 0.3 is 5.97 Å². The number of aromatic nitrogens is 2. The Morgan fingerprint density at radius 2 is 2.09 bits per heavy atom. The Morgan fingerprint density at radius 3 is 2.65 bits per heavy atom. The van der Waals surface area contributed by atoms with E-state index in [-0.39, 0.29) is 6.04 Å². The maximum absolute atomic E-state index is 11.7. The second-order valence-corrected chi connectivity index (χ2v) is 5.01. The van der Waals surface area contributed by atoms with Crippen molar-refractivity contribution in [1.29, 1.82) is 5.26 Å². The van der Waals surface area contributed by atoms with Crippen LogP contribution in [-0.4, -0.2) is 22.5 Å². The molecule has 0 aliphatic rings. The summed E-state index contributed by atoms with van der Waals surface area (Å²) >= 11 is 0. The first kappa shape index (κ1) is 16.4. The fourth-order valence-corrected chi connectivity index (χ4v) is 2.07. The monoisotopic (exact) mass is 310 g/mol. The van der Waals surface area contributed by atoms with E-state index in [2.05, 4.69) is 21.4 Å². The Balaban J connectivity index is 2.12. The third-order valence-electron chi connectivity index (χ3n) is 3.36. The minimum Gasteiger partial charge on any atom is -0.462 e. The van der Waals surface area contributed by atoms with Crippen molar-refractivity contribution in [2.24, 2.45) is 0 Å². The lowest BCUT2D eigenvalue weighted by atomic mass is 10.1. The molecule has 0 amide bonds. The SMILES string of the molecule is CCOC(=O)c1cnc(NC(C)c2ccc(C#N)cc2)nc1C. The molecule has 6 heteroatoms. The first-order valence-corrected chi connectivity index (χ1v) is 7.32. The van der Waals surface area contributed by atoms with Crippen molar-refractivity contribution < 1.29 is 9.53 Å². The highest BCUT2D eigenvalue weighted by atomic mass is 16.5. The van der Waals surface area contributed by atoms with E-state index in [9.17, 15) is 4.79 Å². The molecule has 1 heterocycles. The predicted molar refractivity (Wildman–Crippen MR) is 85.9 cm³/mol. The summed E-state index contributed by atoms with van der Waals surface area (Å²) in [6, 6.07) is 9.36. The van der Waals surface area contributed by atoms with E-state index in [4.69, 9.17) is 10.00 Å². The van der Waals surface area contributed by atoms with Crippen LogP contribution in [0.2, 0.25) is 0 Å². The van der Waals surface area contributed by atoms with Gasteiger partial charge in [-0.15, -0.1) is 0 Å². The van der Waals surface area contributed by atoms with Crippen molar-refractivity contribution in [3.63, 3.8) is 0 Å². The zero-order valence-electron chi connectivity index (χ0n) is 13.3.